The number of unbranched alkanes of at least 4 members (excludes halogenated alkanes) is 3. The van der Waals surface area contributed by atoms with E-state index >= 15 is 0 Å². The zero-order chi connectivity index (χ0) is 15.7. The molecule has 1 fully saturated rings. The van der Waals surface area contributed by atoms with Crippen molar-refractivity contribution in [1.82, 2.24) is 5.06 Å². The molecule has 0 atom stereocenters. The fourth-order valence-electron chi connectivity index (χ4n) is 1.80. The molecule has 2 amide bonds. The maximum absolute atomic E-state index is 11.4. The molecule has 1 aliphatic rings. The lowest BCUT2D eigenvalue weighted by atomic mass is 10.2. The van der Waals surface area contributed by atoms with Gasteiger partial charge in [-0.1, -0.05) is 26.2 Å². The molecule has 0 spiro atoms. The Bertz CT molecular complexity index is 390. The van der Waals surface area contributed by atoms with Crippen molar-refractivity contribution in [2.45, 2.75) is 58.3 Å². The minimum atomic E-state index is -0.790. The Kier molecular flexibility index (Phi) is 7.42. The highest BCUT2D eigenvalue weighted by atomic mass is 16.7. The molecule has 1 aliphatic heterocycles. The summed E-state index contributed by atoms with van der Waals surface area (Å²) in [7, 11) is 0. The minimum absolute atomic E-state index is 0.0475. The molecule has 0 saturated carbocycles. The Morgan fingerprint density at radius 2 is 1.62 bits per heavy atom. The van der Waals surface area contributed by atoms with Crippen molar-refractivity contribution in [2.75, 3.05) is 6.61 Å². The third-order valence-corrected chi connectivity index (χ3v) is 2.99. The molecular formula is C14H21NO6. The largest absolute Gasteiger partial charge is 0.466 e. The number of esters is 1. The van der Waals surface area contributed by atoms with Crippen LogP contribution in [0.4, 0.5) is 0 Å². The fraction of sp³-hybridized carbons (Fsp3) is 0.714. The van der Waals surface area contributed by atoms with E-state index in [2.05, 4.69) is 11.8 Å². The number of ether oxygens (including phenoxy) is 1. The highest BCUT2D eigenvalue weighted by Gasteiger charge is 2.32. The zero-order valence-electron chi connectivity index (χ0n) is 12.3. The maximum atomic E-state index is 11.4. The second-order valence-electron chi connectivity index (χ2n) is 4.83. The molecule has 0 aromatic carbocycles. The van der Waals surface area contributed by atoms with Gasteiger partial charge in [0.1, 0.15) is 0 Å². The molecule has 1 rings (SSSR count). The summed E-state index contributed by atoms with van der Waals surface area (Å²) in [5.74, 6) is -2.34. The number of hydrogen-bond acceptors (Lipinski definition) is 6. The van der Waals surface area contributed by atoms with E-state index in [1.165, 1.54) is 0 Å². The number of hydroxylamine groups is 2. The lowest BCUT2D eigenvalue weighted by molar-refractivity contribution is -0.197. The minimum Gasteiger partial charge on any atom is -0.466 e. The summed E-state index contributed by atoms with van der Waals surface area (Å²) in [5.41, 5.74) is 0. The molecule has 1 saturated heterocycles. The SMILES string of the molecule is CCCCCCOC(=O)CCC(=O)ON1C(=O)CCC1=O. The number of rotatable bonds is 9. The standard InChI is InChI=1S/C14H21NO6/c1-2-3-4-5-10-20-13(18)8-9-14(19)21-15-11(16)6-7-12(15)17/h2-10H2,1H3. The van der Waals surface area contributed by atoms with Gasteiger partial charge < -0.3 is 9.57 Å². The Labute approximate surface area is 123 Å². The highest BCUT2D eigenvalue weighted by Crippen LogP contribution is 2.13. The Morgan fingerprint density at radius 1 is 1.00 bits per heavy atom. The molecule has 21 heavy (non-hydrogen) atoms. The topological polar surface area (TPSA) is 90.0 Å². The summed E-state index contributed by atoms with van der Waals surface area (Å²) in [6, 6.07) is 0. The van der Waals surface area contributed by atoms with E-state index in [9.17, 15) is 19.2 Å². The van der Waals surface area contributed by atoms with Gasteiger partial charge >= 0.3 is 11.9 Å². The van der Waals surface area contributed by atoms with Crippen LogP contribution in [0.1, 0.15) is 58.3 Å². The first kappa shape index (κ1) is 17.1. The third kappa shape index (κ3) is 6.37. The first-order valence-electron chi connectivity index (χ1n) is 7.26. The zero-order valence-corrected chi connectivity index (χ0v) is 12.3. The van der Waals surface area contributed by atoms with Crippen molar-refractivity contribution < 1.29 is 28.8 Å². The lowest BCUT2D eigenvalue weighted by Gasteiger charge is -2.12. The molecule has 1 heterocycles. The van der Waals surface area contributed by atoms with Gasteiger partial charge in [0, 0.05) is 12.8 Å². The van der Waals surface area contributed by atoms with Crippen molar-refractivity contribution in [3.8, 4) is 0 Å². The second-order valence-corrected chi connectivity index (χ2v) is 4.83. The molecule has 0 bridgehead atoms. The van der Waals surface area contributed by atoms with Gasteiger partial charge in [0.15, 0.2) is 0 Å². The number of carbonyl (C=O) groups excluding carboxylic acids is 4. The molecule has 0 N–H and O–H groups in total. The maximum Gasteiger partial charge on any atom is 0.333 e. The van der Waals surface area contributed by atoms with Crippen molar-refractivity contribution in [3.05, 3.63) is 0 Å². The van der Waals surface area contributed by atoms with Crippen LogP contribution in [0.25, 0.3) is 0 Å². The monoisotopic (exact) mass is 299 g/mol. The molecule has 7 nitrogen and oxygen atoms in total. The van der Waals surface area contributed by atoms with Crippen LogP contribution >= 0.6 is 0 Å². The van der Waals surface area contributed by atoms with Gasteiger partial charge in [0.2, 0.25) is 0 Å². The van der Waals surface area contributed by atoms with E-state index < -0.39 is 23.8 Å². The summed E-state index contributed by atoms with van der Waals surface area (Å²) < 4.78 is 4.96. The molecule has 7 heteroatoms. The molecule has 0 aromatic rings. The van der Waals surface area contributed by atoms with Crippen molar-refractivity contribution >= 4 is 23.8 Å². The second kappa shape index (κ2) is 9.10. The van der Waals surface area contributed by atoms with Crippen LogP contribution in [0, 0.1) is 0 Å². The van der Waals surface area contributed by atoms with E-state index in [0.29, 0.717) is 11.7 Å². The van der Waals surface area contributed by atoms with Gasteiger partial charge in [-0.25, -0.2) is 4.79 Å². The van der Waals surface area contributed by atoms with Gasteiger partial charge in [-0.05, 0) is 6.42 Å². The van der Waals surface area contributed by atoms with E-state index in [-0.39, 0.29) is 25.7 Å². The number of amides is 2. The van der Waals surface area contributed by atoms with Gasteiger partial charge in [-0.3, -0.25) is 14.4 Å². The normalized spacial score (nSPS) is 14.4. The van der Waals surface area contributed by atoms with Crippen LogP contribution in [0.2, 0.25) is 0 Å². The summed E-state index contributed by atoms with van der Waals surface area (Å²) >= 11 is 0. The predicted molar refractivity (Wildman–Crippen MR) is 71.5 cm³/mol. The van der Waals surface area contributed by atoms with Gasteiger partial charge in [-0.15, -0.1) is 5.06 Å². The summed E-state index contributed by atoms with van der Waals surface area (Å²) in [5, 5.41) is 0.471. The van der Waals surface area contributed by atoms with Gasteiger partial charge in [-0.2, -0.15) is 0 Å². The number of imide groups is 1. The van der Waals surface area contributed by atoms with Crippen LogP contribution in [0.5, 0.6) is 0 Å². The van der Waals surface area contributed by atoms with E-state index in [1.54, 1.807) is 0 Å². The van der Waals surface area contributed by atoms with Crippen molar-refractivity contribution in [1.29, 1.82) is 0 Å². The molecule has 0 aliphatic carbocycles. The predicted octanol–water partition coefficient (Wildman–Crippen LogP) is 1.50. The van der Waals surface area contributed by atoms with Crippen LogP contribution in [-0.2, 0) is 28.8 Å². The average molecular weight is 299 g/mol. The van der Waals surface area contributed by atoms with Crippen molar-refractivity contribution in [3.63, 3.8) is 0 Å². The molecular weight excluding hydrogens is 278 g/mol. The Balaban J connectivity index is 2.13. The third-order valence-electron chi connectivity index (χ3n) is 2.99. The number of hydrogen-bond donors (Lipinski definition) is 0. The molecule has 118 valence electrons. The molecule has 0 unspecified atom stereocenters. The quantitative estimate of drug-likeness (QED) is 0.364. The fourth-order valence-corrected chi connectivity index (χ4v) is 1.80. The molecule has 0 aromatic heterocycles. The van der Waals surface area contributed by atoms with Crippen LogP contribution in [0.15, 0.2) is 0 Å². The van der Waals surface area contributed by atoms with E-state index in [1.807, 2.05) is 0 Å². The van der Waals surface area contributed by atoms with E-state index in [4.69, 9.17) is 4.74 Å². The Morgan fingerprint density at radius 3 is 2.24 bits per heavy atom. The highest BCUT2D eigenvalue weighted by molar-refractivity contribution is 6.01. The summed E-state index contributed by atoms with van der Waals surface area (Å²) in [6.45, 7) is 2.43. The van der Waals surface area contributed by atoms with Gasteiger partial charge in [0.25, 0.3) is 11.8 Å². The Hall–Kier alpha value is -1.92. The number of nitrogens with zero attached hydrogens (tertiary/aromatic N) is 1. The molecule has 0 radical (unpaired) electrons. The van der Waals surface area contributed by atoms with Crippen LogP contribution in [-0.4, -0.2) is 35.4 Å². The first-order valence-corrected chi connectivity index (χ1v) is 7.26. The lowest BCUT2D eigenvalue weighted by Crippen LogP contribution is -2.32. The first-order chi connectivity index (χ1) is 10.0. The average Bonchev–Trinajstić information content (AvgIpc) is 2.77. The van der Waals surface area contributed by atoms with Crippen molar-refractivity contribution in [2.24, 2.45) is 0 Å². The van der Waals surface area contributed by atoms with E-state index in [0.717, 1.165) is 25.7 Å². The summed E-state index contributed by atoms with van der Waals surface area (Å²) in [4.78, 5) is 49.9. The smallest absolute Gasteiger partial charge is 0.333 e. The van der Waals surface area contributed by atoms with Crippen LogP contribution < -0.4 is 0 Å². The summed E-state index contributed by atoms with van der Waals surface area (Å²) in [6.07, 6.45) is 3.77. The van der Waals surface area contributed by atoms with Crippen LogP contribution in [0.3, 0.4) is 0 Å². The number of carbonyl (C=O) groups is 4. The van der Waals surface area contributed by atoms with Gasteiger partial charge in [0.05, 0.1) is 19.4 Å².